The molecule has 0 bridgehead atoms. The number of nitrogens with zero attached hydrogens (tertiary/aromatic N) is 2. The molecule has 1 atom stereocenters. The van der Waals surface area contributed by atoms with Gasteiger partial charge in [-0.1, -0.05) is 42.5 Å². The number of hydrogen-bond donors (Lipinski definition) is 1. The van der Waals surface area contributed by atoms with Gasteiger partial charge in [-0.05, 0) is 24.5 Å². The number of rotatable bonds is 7. The average molecular weight is 340 g/mol. The number of carboxylic acids is 1. The molecule has 1 unspecified atom stereocenters. The van der Waals surface area contributed by atoms with E-state index in [1.165, 1.54) is 10.5 Å². The van der Waals surface area contributed by atoms with Gasteiger partial charge in [-0.15, -0.1) is 0 Å². The van der Waals surface area contributed by atoms with Crippen LogP contribution in [0.25, 0.3) is 0 Å². The monoisotopic (exact) mass is 340 g/mol. The van der Waals surface area contributed by atoms with Crippen LogP contribution in [0, 0.1) is 5.21 Å². The van der Waals surface area contributed by atoms with Crippen LogP contribution in [0.5, 0.6) is 0 Å². The van der Waals surface area contributed by atoms with Crippen molar-refractivity contribution in [3.05, 3.63) is 65.4 Å². The van der Waals surface area contributed by atoms with E-state index >= 15 is 0 Å². The first-order chi connectivity index (χ1) is 12.0. The van der Waals surface area contributed by atoms with Crippen LogP contribution >= 0.6 is 0 Å². The smallest absolute Gasteiger partial charge is 0.429 e. The summed E-state index contributed by atoms with van der Waals surface area (Å²) in [5, 5.41) is 22.0. The third-order valence-corrected chi connectivity index (χ3v) is 4.43. The Morgan fingerprint density at radius 1 is 1.08 bits per heavy atom. The lowest BCUT2D eigenvalue weighted by atomic mass is 10.1. The van der Waals surface area contributed by atoms with Crippen molar-refractivity contribution in [3.63, 3.8) is 0 Å². The molecular weight excluding hydrogens is 320 g/mol. The molecule has 1 aliphatic rings. The van der Waals surface area contributed by atoms with Crippen molar-refractivity contribution in [1.82, 2.24) is 4.65 Å². The number of aryl methyl sites for hydroxylation is 1. The van der Waals surface area contributed by atoms with E-state index in [4.69, 9.17) is 5.11 Å². The van der Waals surface area contributed by atoms with Crippen LogP contribution in [0.3, 0.4) is 0 Å². The zero-order valence-electron chi connectivity index (χ0n) is 13.8. The number of benzene rings is 2. The van der Waals surface area contributed by atoms with Crippen molar-refractivity contribution in [2.75, 3.05) is 18.0 Å². The fourth-order valence-corrected chi connectivity index (χ4v) is 3.17. The fourth-order valence-electron chi connectivity index (χ4n) is 3.17. The predicted octanol–water partition coefficient (Wildman–Crippen LogP) is 3.54. The summed E-state index contributed by atoms with van der Waals surface area (Å²) in [7, 11) is 0. The number of para-hydroxylation sites is 2. The van der Waals surface area contributed by atoms with Gasteiger partial charge in [-0.25, -0.2) is 9.44 Å². The number of aliphatic carboxylic acids is 1. The van der Waals surface area contributed by atoms with Gasteiger partial charge in [0.15, 0.2) is 5.69 Å². The Bertz CT molecular complexity index is 778. The highest BCUT2D eigenvalue weighted by Gasteiger charge is 2.45. The zero-order chi connectivity index (χ0) is 17.9. The van der Waals surface area contributed by atoms with Gasteiger partial charge in [-0.3, -0.25) is 9.69 Å². The molecule has 130 valence electrons. The minimum Gasteiger partial charge on any atom is -0.618 e. The fraction of sp³-hybridized carbons (Fsp3) is 0.263. The molecule has 1 heterocycles. The van der Waals surface area contributed by atoms with Crippen LogP contribution in [-0.4, -0.2) is 30.2 Å². The van der Waals surface area contributed by atoms with E-state index < -0.39 is 16.6 Å². The first-order valence-electron chi connectivity index (χ1n) is 8.29. The van der Waals surface area contributed by atoms with E-state index in [-0.39, 0.29) is 13.0 Å². The van der Waals surface area contributed by atoms with Gasteiger partial charge in [0.05, 0.1) is 6.42 Å². The van der Waals surface area contributed by atoms with Crippen molar-refractivity contribution in [1.29, 1.82) is 0 Å². The molecule has 2 aromatic carbocycles. The maximum atomic E-state index is 13.1. The molecule has 0 aliphatic carbocycles. The molecule has 1 aliphatic heterocycles. The van der Waals surface area contributed by atoms with E-state index in [1.54, 1.807) is 24.3 Å². The molecule has 3 rings (SSSR count). The number of urea groups is 1. The molecule has 0 fully saturated rings. The normalized spacial score (nSPS) is 19.1. The second-order valence-corrected chi connectivity index (χ2v) is 6.12. The molecule has 2 amide bonds. The summed E-state index contributed by atoms with van der Waals surface area (Å²) < 4.78 is -1.23. The first kappa shape index (κ1) is 17.1. The highest BCUT2D eigenvalue weighted by molar-refractivity contribution is 6.10. The number of hydroxylamine groups is 2. The minimum absolute atomic E-state index is 0.291. The molecule has 0 radical (unpaired) electrons. The summed E-state index contributed by atoms with van der Waals surface area (Å²) in [5.74, 6) is -1.08. The van der Waals surface area contributed by atoms with E-state index in [9.17, 15) is 14.8 Å². The Morgan fingerprint density at radius 2 is 1.76 bits per heavy atom. The van der Waals surface area contributed by atoms with Crippen molar-refractivity contribution >= 4 is 23.4 Å². The molecule has 6 heteroatoms. The van der Waals surface area contributed by atoms with Gasteiger partial charge in [0.25, 0.3) is 0 Å². The van der Waals surface area contributed by atoms with Gasteiger partial charge >= 0.3 is 12.0 Å². The average Bonchev–Trinajstić information content (AvgIpc) is 2.83. The lowest BCUT2D eigenvalue weighted by molar-refractivity contribution is -0.137. The largest absolute Gasteiger partial charge is 0.618 e. The summed E-state index contributed by atoms with van der Waals surface area (Å²) in [4.78, 5) is 25.1. The number of amides is 2. The Kier molecular flexibility index (Phi) is 4.83. The standard InChI is InChI=1S/C19H20N2O4/c22-18(23)12-14-21(25)17-11-5-4-10-16(17)20(19(21)24)13-6-9-15-7-2-1-3-8-15/h1-5,7-8,10-11H,6,9,12-14H2,(H,22,23). The quantitative estimate of drug-likeness (QED) is 0.617. The maximum Gasteiger partial charge on any atom is 0.429 e. The number of anilines is 1. The molecular formula is C19H20N2O4. The second kappa shape index (κ2) is 7.04. The highest BCUT2D eigenvalue weighted by Crippen LogP contribution is 2.42. The number of hydrogen-bond acceptors (Lipinski definition) is 3. The molecule has 0 saturated carbocycles. The molecule has 6 nitrogen and oxygen atoms in total. The van der Waals surface area contributed by atoms with Crippen molar-refractivity contribution < 1.29 is 14.7 Å². The van der Waals surface area contributed by atoms with Crippen LogP contribution in [-0.2, 0) is 11.2 Å². The minimum atomic E-state index is -1.23. The Balaban J connectivity index is 1.76. The predicted molar refractivity (Wildman–Crippen MR) is 96.2 cm³/mol. The summed E-state index contributed by atoms with van der Waals surface area (Å²) in [5.41, 5.74) is 2.09. The van der Waals surface area contributed by atoms with Crippen LogP contribution in [0.15, 0.2) is 54.6 Å². The highest BCUT2D eigenvalue weighted by atomic mass is 16.6. The number of fused-ring (bicyclic) bond motifs is 1. The molecule has 0 saturated heterocycles. The Hall–Kier alpha value is -2.70. The number of carbonyl (C=O) groups excluding carboxylic acids is 1. The van der Waals surface area contributed by atoms with Gasteiger partial charge in [-0.2, -0.15) is 0 Å². The van der Waals surface area contributed by atoms with Crippen molar-refractivity contribution in [3.8, 4) is 0 Å². The third kappa shape index (κ3) is 3.40. The summed E-state index contributed by atoms with van der Waals surface area (Å²) in [6, 6.07) is 16.2. The summed E-state index contributed by atoms with van der Waals surface area (Å²) >= 11 is 0. The molecule has 0 aromatic heterocycles. The number of carboxylic acid groups (broad SMARTS) is 1. The van der Waals surface area contributed by atoms with Crippen molar-refractivity contribution in [2.45, 2.75) is 19.3 Å². The van der Waals surface area contributed by atoms with Gasteiger partial charge in [0, 0.05) is 12.6 Å². The maximum absolute atomic E-state index is 13.1. The zero-order valence-corrected chi connectivity index (χ0v) is 13.8. The Morgan fingerprint density at radius 3 is 2.48 bits per heavy atom. The molecule has 2 aromatic rings. The molecule has 25 heavy (non-hydrogen) atoms. The summed E-state index contributed by atoms with van der Waals surface area (Å²) in [6.07, 6.45) is 1.19. The lowest BCUT2D eigenvalue weighted by Crippen LogP contribution is -2.51. The van der Waals surface area contributed by atoms with Gasteiger partial charge in [0.1, 0.15) is 12.2 Å². The SMILES string of the molecule is O=C(O)CC[N+]1([O-])C(=O)N(CCCc2ccccc2)c2ccccc21. The third-order valence-electron chi connectivity index (χ3n) is 4.43. The van der Waals surface area contributed by atoms with E-state index in [1.807, 2.05) is 30.3 Å². The number of carbonyl (C=O) groups is 2. The topological polar surface area (TPSA) is 80.7 Å². The van der Waals surface area contributed by atoms with E-state index in [0.717, 1.165) is 12.8 Å². The van der Waals surface area contributed by atoms with E-state index in [2.05, 4.69) is 0 Å². The van der Waals surface area contributed by atoms with Crippen LogP contribution in [0.1, 0.15) is 18.4 Å². The molecule has 0 spiro atoms. The molecule has 1 N–H and O–H groups in total. The van der Waals surface area contributed by atoms with Crippen LogP contribution < -0.4 is 9.55 Å². The van der Waals surface area contributed by atoms with Crippen LogP contribution in [0.2, 0.25) is 0 Å². The lowest BCUT2D eigenvalue weighted by Gasteiger charge is -2.34. The summed E-state index contributed by atoms with van der Waals surface area (Å²) in [6.45, 7) is 0.139. The van der Waals surface area contributed by atoms with Crippen LogP contribution in [0.4, 0.5) is 16.2 Å². The Labute approximate surface area is 146 Å². The van der Waals surface area contributed by atoms with Gasteiger partial charge < -0.3 is 10.3 Å². The number of quaternary nitrogens is 1. The van der Waals surface area contributed by atoms with Gasteiger partial charge in [0.2, 0.25) is 0 Å². The second-order valence-electron chi connectivity index (χ2n) is 6.12. The first-order valence-corrected chi connectivity index (χ1v) is 8.29. The van der Waals surface area contributed by atoms with Crippen molar-refractivity contribution in [2.24, 2.45) is 0 Å². The van der Waals surface area contributed by atoms with E-state index in [0.29, 0.717) is 17.9 Å².